The van der Waals surface area contributed by atoms with Gasteiger partial charge in [-0.15, -0.1) is 11.3 Å². The Balaban J connectivity index is 2.03. The molecule has 3 N–H and O–H groups in total. The molecule has 0 bridgehead atoms. The summed E-state index contributed by atoms with van der Waals surface area (Å²) in [5.41, 5.74) is 7.84. The lowest BCUT2D eigenvalue weighted by Gasteiger charge is -2.00. The van der Waals surface area contributed by atoms with Crippen LogP contribution in [0.3, 0.4) is 0 Å². The van der Waals surface area contributed by atoms with Crippen molar-refractivity contribution in [2.75, 3.05) is 5.73 Å². The van der Waals surface area contributed by atoms with Gasteiger partial charge >= 0.3 is 0 Å². The Hall–Kier alpha value is -1.55. The number of nitrogens with two attached hydrogens (primary N) is 1. The summed E-state index contributed by atoms with van der Waals surface area (Å²) in [7, 11) is 0. The molecule has 0 spiro atoms. The molecule has 1 aromatic heterocycles. The number of benzene rings is 1. The Morgan fingerprint density at radius 3 is 2.94 bits per heavy atom. The van der Waals surface area contributed by atoms with E-state index in [9.17, 15) is 4.79 Å². The fourth-order valence-electron chi connectivity index (χ4n) is 1.87. The van der Waals surface area contributed by atoms with Crippen LogP contribution in [0.15, 0.2) is 18.2 Å². The van der Waals surface area contributed by atoms with Crippen molar-refractivity contribution in [2.24, 2.45) is 0 Å². The van der Waals surface area contributed by atoms with Gasteiger partial charge in [0, 0.05) is 16.1 Å². The normalized spacial score (nSPS) is 15.1. The largest absolute Gasteiger partial charge is 0.397 e. The highest BCUT2D eigenvalue weighted by Crippen LogP contribution is 2.34. The maximum absolute atomic E-state index is 12.0. The number of nitrogen functional groups attached to an aromatic ring is 1. The van der Waals surface area contributed by atoms with Gasteiger partial charge in [0.15, 0.2) is 0 Å². The van der Waals surface area contributed by atoms with Crippen molar-refractivity contribution in [1.82, 2.24) is 5.32 Å². The number of rotatable bonds is 2. The maximum Gasteiger partial charge on any atom is 0.263 e. The first-order valence-electron chi connectivity index (χ1n) is 5.74. The van der Waals surface area contributed by atoms with Gasteiger partial charge in [0.25, 0.3) is 5.91 Å². The van der Waals surface area contributed by atoms with Gasteiger partial charge in [-0.05, 0) is 31.4 Å². The average molecular weight is 246 g/mol. The number of anilines is 1. The lowest BCUT2D eigenvalue weighted by molar-refractivity contribution is 0.0956. The maximum atomic E-state index is 12.0. The molecule has 0 radical (unpaired) electrons. The summed E-state index contributed by atoms with van der Waals surface area (Å²) in [5, 5.41) is 3.97. The first kappa shape index (κ1) is 10.6. The van der Waals surface area contributed by atoms with Crippen LogP contribution in [-0.2, 0) is 0 Å². The summed E-state index contributed by atoms with van der Waals surface area (Å²) in [6.45, 7) is 2.04. The minimum absolute atomic E-state index is 0.0242. The van der Waals surface area contributed by atoms with Gasteiger partial charge in [-0.1, -0.05) is 12.1 Å². The zero-order valence-corrected chi connectivity index (χ0v) is 10.4. The number of amides is 1. The molecule has 1 heterocycles. The van der Waals surface area contributed by atoms with Gasteiger partial charge in [-0.25, -0.2) is 0 Å². The highest BCUT2D eigenvalue weighted by Gasteiger charge is 2.26. The third kappa shape index (κ3) is 1.89. The van der Waals surface area contributed by atoms with Crippen molar-refractivity contribution < 1.29 is 4.79 Å². The second-order valence-corrected chi connectivity index (χ2v) is 5.64. The number of fused-ring (bicyclic) bond motifs is 1. The van der Waals surface area contributed by atoms with E-state index in [0.717, 1.165) is 22.9 Å². The highest BCUT2D eigenvalue weighted by molar-refractivity contribution is 7.21. The minimum atomic E-state index is -0.0242. The van der Waals surface area contributed by atoms with Crippen LogP contribution in [0, 0.1) is 6.92 Å². The van der Waals surface area contributed by atoms with E-state index >= 15 is 0 Å². The first-order chi connectivity index (χ1) is 8.15. The Morgan fingerprint density at radius 2 is 2.24 bits per heavy atom. The molecule has 0 unspecified atom stereocenters. The third-order valence-corrected chi connectivity index (χ3v) is 4.17. The Labute approximate surface area is 104 Å². The molecule has 1 aliphatic carbocycles. The van der Waals surface area contributed by atoms with Gasteiger partial charge < -0.3 is 11.1 Å². The molecular formula is C13H14N2OS. The van der Waals surface area contributed by atoms with E-state index in [-0.39, 0.29) is 5.91 Å². The van der Waals surface area contributed by atoms with Crippen LogP contribution in [0.2, 0.25) is 0 Å². The van der Waals surface area contributed by atoms with Crippen LogP contribution in [0.25, 0.3) is 10.1 Å². The number of hydrogen-bond acceptors (Lipinski definition) is 3. The van der Waals surface area contributed by atoms with Gasteiger partial charge in [-0.3, -0.25) is 4.79 Å². The average Bonchev–Trinajstić information content (AvgIpc) is 3.03. The summed E-state index contributed by atoms with van der Waals surface area (Å²) >= 11 is 1.48. The topological polar surface area (TPSA) is 55.1 Å². The SMILES string of the molecule is Cc1ccc2c(N)c(C(=O)NC3CC3)sc2c1. The molecule has 0 saturated heterocycles. The van der Waals surface area contributed by atoms with Gasteiger partial charge in [-0.2, -0.15) is 0 Å². The predicted molar refractivity (Wildman–Crippen MR) is 71.5 cm³/mol. The highest BCUT2D eigenvalue weighted by atomic mass is 32.1. The minimum Gasteiger partial charge on any atom is -0.397 e. The van der Waals surface area contributed by atoms with Crippen LogP contribution in [0.1, 0.15) is 28.1 Å². The van der Waals surface area contributed by atoms with Crippen molar-refractivity contribution in [1.29, 1.82) is 0 Å². The predicted octanol–water partition coefficient (Wildman–Crippen LogP) is 2.68. The number of thiophene rings is 1. The van der Waals surface area contributed by atoms with E-state index in [1.165, 1.54) is 16.9 Å². The van der Waals surface area contributed by atoms with Crippen LogP contribution in [0.5, 0.6) is 0 Å². The monoisotopic (exact) mass is 246 g/mol. The van der Waals surface area contributed by atoms with Gasteiger partial charge in [0.05, 0.1) is 5.69 Å². The molecule has 17 heavy (non-hydrogen) atoms. The second-order valence-electron chi connectivity index (χ2n) is 4.59. The first-order valence-corrected chi connectivity index (χ1v) is 6.56. The smallest absolute Gasteiger partial charge is 0.263 e. The van der Waals surface area contributed by atoms with Crippen LogP contribution in [-0.4, -0.2) is 11.9 Å². The summed E-state index contributed by atoms with van der Waals surface area (Å²) in [6, 6.07) is 6.46. The quantitative estimate of drug-likeness (QED) is 0.856. The standard InChI is InChI=1S/C13H14N2OS/c1-7-2-5-9-10(6-7)17-12(11(9)14)13(16)15-8-3-4-8/h2,5-6,8H,3-4,14H2,1H3,(H,15,16). The number of nitrogens with one attached hydrogen (secondary N) is 1. The van der Waals surface area contributed by atoms with Gasteiger partial charge in [0.2, 0.25) is 0 Å². The molecular weight excluding hydrogens is 232 g/mol. The molecule has 1 fully saturated rings. The second kappa shape index (κ2) is 3.74. The van der Waals surface area contributed by atoms with E-state index < -0.39 is 0 Å². The molecule has 1 saturated carbocycles. The lowest BCUT2D eigenvalue weighted by Crippen LogP contribution is -2.25. The summed E-state index contributed by atoms with van der Waals surface area (Å²) in [6.07, 6.45) is 2.19. The van der Waals surface area contributed by atoms with Crippen LogP contribution in [0.4, 0.5) is 5.69 Å². The molecule has 1 aromatic carbocycles. The van der Waals surface area contributed by atoms with Gasteiger partial charge in [0.1, 0.15) is 4.88 Å². The Bertz CT molecular complexity index is 599. The van der Waals surface area contributed by atoms with E-state index in [1.807, 2.05) is 19.1 Å². The van der Waals surface area contributed by atoms with Crippen LogP contribution < -0.4 is 11.1 Å². The molecule has 2 aromatic rings. The molecule has 4 heteroatoms. The Morgan fingerprint density at radius 1 is 1.47 bits per heavy atom. The lowest BCUT2D eigenvalue weighted by atomic mass is 10.1. The molecule has 88 valence electrons. The summed E-state index contributed by atoms with van der Waals surface area (Å²) < 4.78 is 1.09. The number of carbonyl (C=O) groups is 1. The molecule has 1 amide bonds. The zero-order valence-electron chi connectivity index (χ0n) is 9.62. The van der Waals surface area contributed by atoms with Crippen molar-refractivity contribution in [2.45, 2.75) is 25.8 Å². The van der Waals surface area contributed by atoms with Crippen molar-refractivity contribution in [3.05, 3.63) is 28.6 Å². The van der Waals surface area contributed by atoms with E-state index in [1.54, 1.807) is 0 Å². The van der Waals surface area contributed by atoms with Crippen molar-refractivity contribution >= 4 is 33.0 Å². The fourth-order valence-corrected chi connectivity index (χ4v) is 3.00. The van der Waals surface area contributed by atoms with Crippen molar-refractivity contribution in [3.63, 3.8) is 0 Å². The van der Waals surface area contributed by atoms with E-state index in [0.29, 0.717) is 16.6 Å². The molecule has 1 aliphatic rings. The summed E-state index contributed by atoms with van der Waals surface area (Å²) in [4.78, 5) is 12.6. The van der Waals surface area contributed by atoms with Crippen LogP contribution >= 0.6 is 11.3 Å². The van der Waals surface area contributed by atoms with E-state index in [2.05, 4.69) is 11.4 Å². The third-order valence-electron chi connectivity index (χ3n) is 3.00. The molecule has 3 nitrogen and oxygen atoms in total. The molecule has 0 aliphatic heterocycles. The number of hydrogen-bond donors (Lipinski definition) is 2. The Kier molecular flexibility index (Phi) is 2.33. The number of aryl methyl sites for hydroxylation is 1. The molecule has 0 atom stereocenters. The summed E-state index contributed by atoms with van der Waals surface area (Å²) in [5.74, 6) is -0.0242. The van der Waals surface area contributed by atoms with E-state index in [4.69, 9.17) is 5.73 Å². The van der Waals surface area contributed by atoms with Crippen molar-refractivity contribution in [3.8, 4) is 0 Å². The number of carbonyl (C=O) groups excluding carboxylic acids is 1. The molecule has 3 rings (SSSR count). The fraction of sp³-hybridized carbons (Fsp3) is 0.308. The zero-order chi connectivity index (χ0) is 12.0.